The van der Waals surface area contributed by atoms with Gasteiger partial charge in [-0.3, -0.25) is 0 Å². The molecule has 19 heavy (non-hydrogen) atoms. The first kappa shape index (κ1) is 18.0. The highest BCUT2D eigenvalue weighted by molar-refractivity contribution is 14.0. The summed E-state index contributed by atoms with van der Waals surface area (Å²) >= 11 is 0. The number of rotatable bonds is 7. The summed E-state index contributed by atoms with van der Waals surface area (Å²) in [6.45, 7) is 10.3. The van der Waals surface area contributed by atoms with E-state index in [1.807, 2.05) is 19.1 Å². The van der Waals surface area contributed by atoms with Gasteiger partial charge in [0.2, 0.25) is 0 Å². The van der Waals surface area contributed by atoms with Gasteiger partial charge in [-0.25, -0.2) is 4.99 Å². The van der Waals surface area contributed by atoms with E-state index in [9.17, 15) is 0 Å². The topological polar surface area (TPSA) is 49.6 Å². The standard InChI is InChI=1S/C14H23N3O.HI/c1-4-8-15-14(17-11-12(2)3)16-9-7-13-6-5-10-18-13;/h5-6,10H,2,4,7-9,11H2,1,3H3,(H2,15,16,17);1H. The molecule has 0 aliphatic carbocycles. The molecule has 0 aromatic carbocycles. The van der Waals surface area contributed by atoms with Crippen molar-refractivity contribution in [3.63, 3.8) is 0 Å². The molecule has 0 aliphatic heterocycles. The van der Waals surface area contributed by atoms with Crippen LogP contribution >= 0.6 is 24.0 Å². The van der Waals surface area contributed by atoms with E-state index in [-0.39, 0.29) is 24.0 Å². The number of nitrogens with one attached hydrogen (secondary N) is 2. The van der Waals surface area contributed by atoms with Gasteiger partial charge in [0.15, 0.2) is 5.96 Å². The molecule has 0 atom stereocenters. The lowest BCUT2D eigenvalue weighted by Gasteiger charge is -2.11. The molecule has 4 nitrogen and oxygen atoms in total. The van der Waals surface area contributed by atoms with Crippen molar-refractivity contribution >= 4 is 29.9 Å². The Morgan fingerprint density at radius 1 is 1.37 bits per heavy atom. The summed E-state index contributed by atoms with van der Waals surface area (Å²) in [5.41, 5.74) is 1.05. The van der Waals surface area contributed by atoms with Crippen LogP contribution in [-0.2, 0) is 6.42 Å². The van der Waals surface area contributed by atoms with Gasteiger partial charge < -0.3 is 15.1 Å². The Kier molecular flexibility index (Phi) is 10.3. The normalized spacial score (nSPS) is 10.7. The number of nitrogens with zero attached hydrogens (tertiary/aromatic N) is 1. The fourth-order valence-electron chi connectivity index (χ4n) is 1.39. The van der Waals surface area contributed by atoms with Crippen molar-refractivity contribution in [2.45, 2.75) is 26.7 Å². The Hall–Kier alpha value is -0.980. The Balaban J connectivity index is 0.00000324. The van der Waals surface area contributed by atoms with Crippen LogP contribution in [0.1, 0.15) is 26.0 Å². The minimum Gasteiger partial charge on any atom is -0.469 e. The molecule has 1 aromatic rings. The third kappa shape index (κ3) is 8.69. The van der Waals surface area contributed by atoms with Crippen LogP contribution in [0.3, 0.4) is 0 Å². The van der Waals surface area contributed by atoms with Crippen LogP contribution in [0.5, 0.6) is 0 Å². The average Bonchev–Trinajstić information content (AvgIpc) is 2.84. The molecule has 108 valence electrons. The van der Waals surface area contributed by atoms with Gasteiger partial charge >= 0.3 is 0 Å². The van der Waals surface area contributed by atoms with E-state index in [4.69, 9.17) is 4.42 Å². The molecule has 1 aromatic heterocycles. The maximum Gasteiger partial charge on any atom is 0.191 e. The van der Waals surface area contributed by atoms with E-state index in [0.29, 0.717) is 6.54 Å². The Morgan fingerprint density at radius 3 is 2.68 bits per heavy atom. The fourth-order valence-corrected chi connectivity index (χ4v) is 1.39. The molecule has 1 heterocycles. The van der Waals surface area contributed by atoms with Crippen LogP contribution in [0.2, 0.25) is 0 Å². The monoisotopic (exact) mass is 377 g/mol. The van der Waals surface area contributed by atoms with Crippen molar-refractivity contribution in [2.24, 2.45) is 4.99 Å². The van der Waals surface area contributed by atoms with Gasteiger partial charge in [0.25, 0.3) is 0 Å². The third-order valence-electron chi connectivity index (χ3n) is 2.29. The van der Waals surface area contributed by atoms with E-state index in [1.165, 1.54) is 0 Å². The van der Waals surface area contributed by atoms with Gasteiger partial charge in [-0.2, -0.15) is 0 Å². The number of hydrogen-bond donors (Lipinski definition) is 2. The second-order valence-corrected chi connectivity index (χ2v) is 4.30. The highest BCUT2D eigenvalue weighted by atomic mass is 127. The molecule has 0 fully saturated rings. The number of furan rings is 1. The lowest BCUT2D eigenvalue weighted by Crippen LogP contribution is -2.39. The maximum absolute atomic E-state index is 5.28. The van der Waals surface area contributed by atoms with Crippen LogP contribution in [0.15, 0.2) is 40.0 Å². The summed E-state index contributed by atoms with van der Waals surface area (Å²) in [6, 6.07) is 3.88. The number of halogens is 1. The van der Waals surface area contributed by atoms with Crippen LogP contribution in [0.25, 0.3) is 0 Å². The Labute approximate surface area is 132 Å². The van der Waals surface area contributed by atoms with E-state index in [1.54, 1.807) is 6.26 Å². The minimum absolute atomic E-state index is 0. The van der Waals surface area contributed by atoms with Gasteiger partial charge in [0.1, 0.15) is 5.76 Å². The van der Waals surface area contributed by atoms with E-state index in [2.05, 4.69) is 29.1 Å². The summed E-state index contributed by atoms with van der Waals surface area (Å²) < 4.78 is 5.28. The quantitative estimate of drug-likeness (QED) is 0.333. The van der Waals surface area contributed by atoms with Gasteiger partial charge in [-0.15, -0.1) is 24.0 Å². The number of hydrogen-bond acceptors (Lipinski definition) is 2. The summed E-state index contributed by atoms with van der Waals surface area (Å²) in [5, 5.41) is 6.56. The van der Waals surface area contributed by atoms with Crippen molar-refractivity contribution in [2.75, 3.05) is 19.6 Å². The van der Waals surface area contributed by atoms with E-state index < -0.39 is 0 Å². The third-order valence-corrected chi connectivity index (χ3v) is 2.29. The van der Waals surface area contributed by atoms with Crippen molar-refractivity contribution in [1.82, 2.24) is 10.6 Å². The van der Waals surface area contributed by atoms with Gasteiger partial charge in [0.05, 0.1) is 12.8 Å². The molecule has 0 saturated carbocycles. The molecule has 0 amide bonds. The van der Waals surface area contributed by atoms with Crippen LogP contribution in [0.4, 0.5) is 0 Å². The SMILES string of the molecule is C=C(C)CN=C(NCCC)NCCc1ccco1.I. The van der Waals surface area contributed by atoms with Crippen LogP contribution in [0, 0.1) is 0 Å². The smallest absolute Gasteiger partial charge is 0.191 e. The minimum atomic E-state index is 0. The van der Waals surface area contributed by atoms with Gasteiger partial charge in [-0.1, -0.05) is 19.1 Å². The van der Waals surface area contributed by atoms with Crippen molar-refractivity contribution in [1.29, 1.82) is 0 Å². The Morgan fingerprint density at radius 2 is 2.11 bits per heavy atom. The Bertz CT molecular complexity index is 374. The zero-order valence-electron chi connectivity index (χ0n) is 11.7. The second kappa shape index (κ2) is 10.9. The van der Waals surface area contributed by atoms with Crippen molar-refractivity contribution in [3.05, 3.63) is 36.3 Å². The first-order valence-corrected chi connectivity index (χ1v) is 6.41. The van der Waals surface area contributed by atoms with Crippen molar-refractivity contribution in [3.8, 4) is 0 Å². The molecule has 0 unspecified atom stereocenters. The summed E-state index contributed by atoms with van der Waals surface area (Å²) in [6.07, 6.45) is 3.62. The lowest BCUT2D eigenvalue weighted by molar-refractivity contribution is 0.506. The molecular weight excluding hydrogens is 353 g/mol. The van der Waals surface area contributed by atoms with E-state index in [0.717, 1.165) is 43.2 Å². The molecule has 0 aliphatic rings. The average molecular weight is 377 g/mol. The summed E-state index contributed by atoms with van der Waals surface area (Å²) in [4.78, 5) is 4.44. The fraction of sp³-hybridized carbons (Fsp3) is 0.500. The largest absolute Gasteiger partial charge is 0.469 e. The molecule has 0 spiro atoms. The molecule has 0 radical (unpaired) electrons. The first-order valence-electron chi connectivity index (χ1n) is 6.41. The second-order valence-electron chi connectivity index (χ2n) is 4.30. The molecule has 2 N–H and O–H groups in total. The molecule has 5 heteroatoms. The first-order chi connectivity index (χ1) is 8.72. The summed E-state index contributed by atoms with van der Waals surface area (Å²) in [5.74, 6) is 1.82. The lowest BCUT2D eigenvalue weighted by atomic mass is 10.3. The highest BCUT2D eigenvalue weighted by Gasteiger charge is 1.99. The molecular formula is C14H24IN3O. The summed E-state index contributed by atoms with van der Waals surface area (Å²) in [7, 11) is 0. The maximum atomic E-state index is 5.28. The zero-order valence-corrected chi connectivity index (χ0v) is 14.1. The van der Waals surface area contributed by atoms with Gasteiger partial charge in [0, 0.05) is 19.5 Å². The highest BCUT2D eigenvalue weighted by Crippen LogP contribution is 1.99. The molecule has 0 bridgehead atoms. The molecule has 1 rings (SSSR count). The predicted octanol–water partition coefficient (Wildman–Crippen LogP) is 2.96. The zero-order chi connectivity index (χ0) is 13.2. The number of aliphatic imine (C=N–C) groups is 1. The van der Waals surface area contributed by atoms with Crippen molar-refractivity contribution < 1.29 is 4.42 Å². The van der Waals surface area contributed by atoms with Crippen LogP contribution in [-0.4, -0.2) is 25.6 Å². The predicted molar refractivity (Wildman–Crippen MR) is 91.2 cm³/mol. The number of guanidine groups is 1. The van der Waals surface area contributed by atoms with E-state index >= 15 is 0 Å². The van der Waals surface area contributed by atoms with Crippen LogP contribution < -0.4 is 10.6 Å². The van der Waals surface area contributed by atoms with Gasteiger partial charge in [-0.05, 0) is 25.5 Å². The molecule has 0 saturated heterocycles.